The lowest BCUT2D eigenvalue weighted by Crippen LogP contribution is -2.50. The fourth-order valence-corrected chi connectivity index (χ4v) is 1.73. The molecule has 6 nitrogen and oxygen atoms in total. The average Bonchev–Trinajstić information content (AvgIpc) is 2.71. The van der Waals surface area contributed by atoms with Crippen LogP contribution in [0.3, 0.4) is 0 Å². The lowest BCUT2D eigenvalue weighted by atomic mass is 10.2. The molecule has 1 unspecified atom stereocenters. The Balaban J connectivity index is 2.67. The van der Waals surface area contributed by atoms with Crippen LogP contribution in [0.2, 0.25) is 0 Å². The Morgan fingerprint density at radius 1 is 1.33 bits per heavy atom. The molecule has 0 aromatic carbocycles. The van der Waals surface area contributed by atoms with Crippen LogP contribution in [0, 0.1) is 0 Å². The summed E-state index contributed by atoms with van der Waals surface area (Å²) in [6.07, 6.45) is -4.67. The van der Waals surface area contributed by atoms with E-state index in [1.54, 1.807) is 0 Å². The molecular formula is C9H11F3N2O4. The van der Waals surface area contributed by atoms with Crippen molar-refractivity contribution in [2.75, 3.05) is 13.1 Å². The maximum atomic E-state index is 12.2. The normalized spacial score (nSPS) is 19.7. The Labute approximate surface area is 99.7 Å². The first kappa shape index (κ1) is 14.3. The quantitative estimate of drug-likeness (QED) is 0.738. The molecule has 1 rings (SSSR count). The van der Waals surface area contributed by atoms with Crippen LogP contribution in [-0.2, 0) is 14.4 Å². The van der Waals surface area contributed by atoms with E-state index in [1.807, 2.05) is 5.32 Å². The standard InChI is InChI=1S/C9H11F3N2O4/c10-9(11,12)8(18)14-3-1-2-5(14)7(17)13-4-6(15)16/h5H,1-4H2,(H,13,17)(H,15,16). The third-order valence-electron chi connectivity index (χ3n) is 2.47. The number of alkyl halides is 3. The number of hydrogen-bond donors (Lipinski definition) is 2. The first-order chi connectivity index (χ1) is 8.23. The Bertz CT molecular complexity index is 369. The van der Waals surface area contributed by atoms with E-state index in [2.05, 4.69) is 0 Å². The second kappa shape index (κ2) is 5.23. The number of nitrogens with zero attached hydrogens (tertiary/aromatic N) is 1. The van der Waals surface area contributed by atoms with Crippen molar-refractivity contribution in [3.8, 4) is 0 Å². The number of nitrogens with one attached hydrogen (secondary N) is 1. The van der Waals surface area contributed by atoms with Crippen molar-refractivity contribution in [1.29, 1.82) is 0 Å². The highest BCUT2D eigenvalue weighted by Crippen LogP contribution is 2.25. The van der Waals surface area contributed by atoms with Gasteiger partial charge < -0.3 is 15.3 Å². The Hall–Kier alpha value is -1.80. The molecule has 18 heavy (non-hydrogen) atoms. The third-order valence-corrected chi connectivity index (χ3v) is 2.47. The third kappa shape index (κ3) is 3.34. The number of hydrogen-bond acceptors (Lipinski definition) is 3. The van der Waals surface area contributed by atoms with Gasteiger partial charge in [0.25, 0.3) is 0 Å². The van der Waals surface area contributed by atoms with E-state index in [1.165, 1.54) is 0 Å². The summed E-state index contributed by atoms with van der Waals surface area (Å²) >= 11 is 0. The van der Waals surface area contributed by atoms with Crippen LogP contribution >= 0.6 is 0 Å². The van der Waals surface area contributed by atoms with Crippen LogP contribution in [0.1, 0.15) is 12.8 Å². The van der Waals surface area contributed by atoms with Gasteiger partial charge in [-0.3, -0.25) is 14.4 Å². The van der Waals surface area contributed by atoms with Gasteiger partial charge in [-0.25, -0.2) is 0 Å². The first-order valence-electron chi connectivity index (χ1n) is 5.10. The summed E-state index contributed by atoms with van der Waals surface area (Å²) in [6, 6.07) is -1.25. The lowest BCUT2D eigenvalue weighted by molar-refractivity contribution is -0.186. The van der Waals surface area contributed by atoms with Crippen LogP contribution in [0.15, 0.2) is 0 Å². The highest BCUT2D eigenvalue weighted by Gasteiger charge is 2.47. The zero-order valence-corrected chi connectivity index (χ0v) is 9.16. The molecule has 0 bridgehead atoms. The van der Waals surface area contributed by atoms with Crippen molar-refractivity contribution < 1.29 is 32.7 Å². The second-order valence-electron chi connectivity index (χ2n) is 3.77. The van der Waals surface area contributed by atoms with E-state index in [4.69, 9.17) is 5.11 Å². The maximum Gasteiger partial charge on any atom is 0.471 e. The van der Waals surface area contributed by atoms with Crippen LogP contribution in [-0.4, -0.2) is 53.1 Å². The molecule has 2 amide bonds. The molecule has 1 aliphatic heterocycles. The molecule has 0 radical (unpaired) electrons. The maximum absolute atomic E-state index is 12.2. The van der Waals surface area contributed by atoms with Crippen LogP contribution < -0.4 is 5.32 Å². The molecule has 1 heterocycles. The number of rotatable bonds is 3. The fourth-order valence-electron chi connectivity index (χ4n) is 1.73. The summed E-state index contributed by atoms with van der Waals surface area (Å²) in [6.45, 7) is -0.854. The van der Waals surface area contributed by atoms with E-state index < -0.39 is 36.5 Å². The minimum Gasteiger partial charge on any atom is -0.480 e. The largest absolute Gasteiger partial charge is 0.480 e. The summed E-state index contributed by atoms with van der Waals surface area (Å²) in [4.78, 5) is 33.1. The number of aliphatic carboxylic acids is 1. The van der Waals surface area contributed by atoms with Gasteiger partial charge in [-0.1, -0.05) is 0 Å². The molecule has 102 valence electrons. The molecule has 0 aliphatic carbocycles. The van der Waals surface area contributed by atoms with Gasteiger partial charge in [0.2, 0.25) is 5.91 Å². The SMILES string of the molecule is O=C(O)CNC(=O)C1CCCN1C(=O)C(F)(F)F. The van der Waals surface area contributed by atoms with Crippen molar-refractivity contribution in [2.45, 2.75) is 25.1 Å². The van der Waals surface area contributed by atoms with Crippen LogP contribution in [0.5, 0.6) is 0 Å². The molecule has 1 saturated heterocycles. The minimum atomic E-state index is -5.03. The molecule has 9 heteroatoms. The molecule has 1 fully saturated rings. The fraction of sp³-hybridized carbons (Fsp3) is 0.667. The number of amides is 2. The van der Waals surface area contributed by atoms with Crippen LogP contribution in [0.4, 0.5) is 13.2 Å². The number of likely N-dealkylation sites (tertiary alicyclic amines) is 1. The van der Waals surface area contributed by atoms with E-state index in [0.29, 0.717) is 4.90 Å². The second-order valence-corrected chi connectivity index (χ2v) is 3.77. The summed E-state index contributed by atoms with van der Waals surface area (Å²) in [5.41, 5.74) is 0. The van der Waals surface area contributed by atoms with Crippen molar-refractivity contribution >= 4 is 17.8 Å². The van der Waals surface area contributed by atoms with Gasteiger partial charge in [0, 0.05) is 6.54 Å². The van der Waals surface area contributed by atoms with Gasteiger partial charge in [-0.05, 0) is 12.8 Å². The average molecular weight is 268 g/mol. The minimum absolute atomic E-state index is 0.0905. The van der Waals surface area contributed by atoms with Gasteiger partial charge in [-0.2, -0.15) is 13.2 Å². The molecule has 0 saturated carbocycles. The smallest absolute Gasteiger partial charge is 0.471 e. The zero-order valence-electron chi connectivity index (χ0n) is 9.16. The van der Waals surface area contributed by atoms with E-state index in [9.17, 15) is 27.6 Å². The van der Waals surface area contributed by atoms with Gasteiger partial charge in [-0.15, -0.1) is 0 Å². The predicted molar refractivity (Wildman–Crippen MR) is 51.4 cm³/mol. The lowest BCUT2D eigenvalue weighted by Gasteiger charge is -2.24. The van der Waals surface area contributed by atoms with Gasteiger partial charge in [0.05, 0.1) is 0 Å². The first-order valence-corrected chi connectivity index (χ1v) is 5.10. The van der Waals surface area contributed by atoms with Gasteiger partial charge in [0.1, 0.15) is 12.6 Å². The van der Waals surface area contributed by atoms with Crippen molar-refractivity contribution in [2.24, 2.45) is 0 Å². The molecular weight excluding hydrogens is 257 g/mol. The van der Waals surface area contributed by atoms with Crippen molar-refractivity contribution in [3.63, 3.8) is 0 Å². The van der Waals surface area contributed by atoms with Gasteiger partial charge in [0.15, 0.2) is 0 Å². The highest BCUT2D eigenvalue weighted by molar-refractivity contribution is 5.91. The molecule has 0 aromatic rings. The van der Waals surface area contributed by atoms with E-state index in [0.717, 1.165) is 0 Å². The van der Waals surface area contributed by atoms with Crippen molar-refractivity contribution in [3.05, 3.63) is 0 Å². The number of carboxylic acid groups (broad SMARTS) is 1. The number of carboxylic acids is 1. The summed E-state index contributed by atoms with van der Waals surface area (Å²) in [7, 11) is 0. The Morgan fingerprint density at radius 2 is 1.94 bits per heavy atom. The summed E-state index contributed by atoms with van der Waals surface area (Å²) in [5.74, 6) is -4.27. The summed E-state index contributed by atoms with van der Waals surface area (Å²) in [5, 5.41) is 10.3. The van der Waals surface area contributed by atoms with E-state index >= 15 is 0 Å². The number of carbonyl (C=O) groups is 3. The van der Waals surface area contributed by atoms with Crippen LogP contribution in [0.25, 0.3) is 0 Å². The summed E-state index contributed by atoms with van der Waals surface area (Å²) < 4.78 is 36.7. The molecule has 0 spiro atoms. The number of carbonyl (C=O) groups excluding carboxylic acids is 2. The molecule has 1 aliphatic rings. The topological polar surface area (TPSA) is 86.7 Å². The van der Waals surface area contributed by atoms with E-state index in [-0.39, 0.29) is 19.4 Å². The zero-order chi connectivity index (χ0) is 13.9. The Morgan fingerprint density at radius 3 is 2.44 bits per heavy atom. The monoisotopic (exact) mass is 268 g/mol. The number of halogens is 3. The molecule has 0 aromatic heterocycles. The Kier molecular flexibility index (Phi) is 4.15. The molecule has 2 N–H and O–H groups in total. The van der Waals surface area contributed by atoms with Crippen molar-refractivity contribution in [1.82, 2.24) is 10.2 Å². The highest BCUT2D eigenvalue weighted by atomic mass is 19.4. The molecule has 1 atom stereocenters. The van der Waals surface area contributed by atoms with Gasteiger partial charge >= 0.3 is 18.1 Å². The predicted octanol–water partition coefficient (Wildman–Crippen LogP) is -0.260.